The van der Waals surface area contributed by atoms with Gasteiger partial charge in [-0.05, 0) is 28.1 Å². The van der Waals surface area contributed by atoms with Crippen LogP contribution in [0.4, 0.5) is 13.2 Å². The van der Waals surface area contributed by atoms with Gasteiger partial charge in [-0.15, -0.1) is 0 Å². The van der Waals surface area contributed by atoms with Crippen LogP contribution in [0.1, 0.15) is 18.4 Å². The summed E-state index contributed by atoms with van der Waals surface area (Å²) in [5.74, 6) is -2.95. The smallest absolute Gasteiger partial charge is 0.250 e. The minimum absolute atomic E-state index is 0.168. The Bertz CT molecular complexity index is 443. The monoisotopic (exact) mass is 341 g/mol. The zero-order valence-electron chi connectivity index (χ0n) is 9.53. The Morgan fingerprint density at radius 3 is 2.50 bits per heavy atom. The minimum Gasteiger partial charge on any atom is -0.299 e. The van der Waals surface area contributed by atoms with Gasteiger partial charge < -0.3 is 0 Å². The second-order valence-corrected chi connectivity index (χ2v) is 5.75. The van der Waals surface area contributed by atoms with Crippen LogP contribution in [-0.4, -0.2) is 23.9 Å². The lowest BCUT2D eigenvalue weighted by Crippen LogP contribution is -2.38. The Morgan fingerprint density at radius 1 is 1.28 bits per heavy atom. The van der Waals surface area contributed by atoms with Gasteiger partial charge >= 0.3 is 0 Å². The Kier molecular flexibility index (Phi) is 4.24. The van der Waals surface area contributed by atoms with E-state index in [1.54, 1.807) is 0 Å². The molecule has 0 radical (unpaired) electrons. The molecular formula is C12H12BrClF3N. The van der Waals surface area contributed by atoms with Crippen molar-refractivity contribution in [1.29, 1.82) is 0 Å². The molecular weight excluding hydrogens is 330 g/mol. The van der Waals surface area contributed by atoms with E-state index in [2.05, 4.69) is 15.9 Å². The van der Waals surface area contributed by atoms with Crippen LogP contribution in [0.3, 0.4) is 0 Å². The van der Waals surface area contributed by atoms with Gasteiger partial charge in [-0.2, -0.15) is 0 Å². The second kappa shape index (κ2) is 5.39. The van der Waals surface area contributed by atoms with Gasteiger partial charge in [0.1, 0.15) is 5.82 Å². The largest absolute Gasteiger partial charge is 0.299 e. The van der Waals surface area contributed by atoms with Crippen LogP contribution in [0.15, 0.2) is 16.6 Å². The highest BCUT2D eigenvalue weighted by molar-refractivity contribution is 9.10. The van der Waals surface area contributed by atoms with Crippen molar-refractivity contribution < 1.29 is 13.2 Å². The molecule has 1 saturated heterocycles. The van der Waals surface area contributed by atoms with Gasteiger partial charge in [-0.3, -0.25) is 4.90 Å². The van der Waals surface area contributed by atoms with Crippen molar-refractivity contribution in [1.82, 2.24) is 4.90 Å². The standard InChI is InChI=1S/C12H12BrClF3N/c13-9-6-11(15)8(5-10(9)14)7-18-3-1-12(16,17)2-4-18/h5-6H,1-4,7H2. The summed E-state index contributed by atoms with van der Waals surface area (Å²) in [5.41, 5.74) is 0.438. The second-order valence-electron chi connectivity index (χ2n) is 4.49. The molecule has 6 heteroatoms. The molecule has 1 aromatic rings. The predicted molar refractivity (Wildman–Crippen MR) is 68.6 cm³/mol. The number of rotatable bonds is 2. The van der Waals surface area contributed by atoms with E-state index < -0.39 is 5.92 Å². The number of hydrogen-bond donors (Lipinski definition) is 0. The topological polar surface area (TPSA) is 3.24 Å². The van der Waals surface area contributed by atoms with Crippen molar-refractivity contribution in [3.05, 3.63) is 33.0 Å². The van der Waals surface area contributed by atoms with Crippen molar-refractivity contribution in [3.63, 3.8) is 0 Å². The summed E-state index contributed by atoms with van der Waals surface area (Å²) in [6.07, 6.45) is -0.336. The summed E-state index contributed by atoms with van der Waals surface area (Å²) in [6.45, 7) is 0.870. The third kappa shape index (κ3) is 3.39. The number of likely N-dealkylation sites (tertiary alicyclic amines) is 1. The predicted octanol–water partition coefficient (Wildman–Crippen LogP) is 4.47. The normalized spacial score (nSPS) is 20.1. The van der Waals surface area contributed by atoms with Gasteiger partial charge in [0.25, 0.3) is 5.92 Å². The van der Waals surface area contributed by atoms with Crippen LogP contribution in [0, 0.1) is 5.82 Å². The van der Waals surface area contributed by atoms with Crippen LogP contribution < -0.4 is 0 Å². The zero-order chi connectivity index (χ0) is 13.3. The molecule has 0 atom stereocenters. The molecule has 0 spiro atoms. The highest BCUT2D eigenvalue weighted by atomic mass is 79.9. The average Bonchev–Trinajstić information content (AvgIpc) is 2.28. The van der Waals surface area contributed by atoms with Crippen LogP contribution in [0.25, 0.3) is 0 Å². The summed E-state index contributed by atoms with van der Waals surface area (Å²) >= 11 is 9.03. The van der Waals surface area contributed by atoms with E-state index in [9.17, 15) is 13.2 Å². The van der Waals surface area contributed by atoms with E-state index in [1.807, 2.05) is 4.90 Å². The molecule has 18 heavy (non-hydrogen) atoms. The van der Waals surface area contributed by atoms with E-state index >= 15 is 0 Å². The van der Waals surface area contributed by atoms with Crippen LogP contribution >= 0.6 is 27.5 Å². The Morgan fingerprint density at radius 2 is 1.89 bits per heavy atom. The first kappa shape index (κ1) is 14.2. The molecule has 1 heterocycles. The molecule has 1 aromatic carbocycles. The molecule has 0 bridgehead atoms. The van der Waals surface area contributed by atoms with Gasteiger partial charge in [0.2, 0.25) is 0 Å². The SMILES string of the molecule is Fc1cc(Br)c(Cl)cc1CN1CCC(F)(F)CC1. The lowest BCUT2D eigenvalue weighted by atomic mass is 10.1. The van der Waals surface area contributed by atoms with Gasteiger partial charge in [0, 0.05) is 42.5 Å². The maximum atomic E-state index is 13.7. The zero-order valence-corrected chi connectivity index (χ0v) is 11.9. The van der Waals surface area contributed by atoms with Crippen molar-refractivity contribution in [2.24, 2.45) is 0 Å². The Balaban J connectivity index is 2.04. The first-order valence-electron chi connectivity index (χ1n) is 5.61. The molecule has 0 unspecified atom stereocenters. The summed E-state index contributed by atoms with van der Waals surface area (Å²) in [5, 5.41) is 0.425. The molecule has 1 nitrogen and oxygen atoms in total. The quantitative estimate of drug-likeness (QED) is 0.717. The van der Waals surface area contributed by atoms with Crippen molar-refractivity contribution >= 4 is 27.5 Å². The van der Waals surface area contributed by atoms with E-state index in [0.717, 1.165) is 0 Å². The van der Waals surface area contributed by atoms with Crippen molar-refractivity contribution in [2.75, 3.05) is 13.1 Å². The number of benzene rings is 1. The number of halogens is 5. The van der Waals surface area contributed by atoms with Crippen LogP contribution in [0.5, 0.6) is 0 Å². The number of nitrogens with zero attached hydrogens (tertiary/aromatic N) is 1. The fraction of sp³-hybridized carbons (Fsp3) is 0.500. The number of hydrogen-bond acceptors (Lipinski definition) is 1. The lowest BCUT2D eigenvalue weighted by molar-refractivity contribution is -0.0567. The molecule has 0 aliphatic carbocycles. The third-order valence-electron chi connectivity index (χ3n) is 3.07. The Labute approximate surface area is 117 Å². The molecule has 2 rings (SSSR count). The van der Waals surface area contributed by atoms with Gasteiger partial charge in [0.05, 0.1) is 5.02 Å². The first-order chi connectivity index (χ1) is 8.37. The highest BCUT2D eigenvalue weighted by Gasteiger charge is 2.34. The summed E-state index contributed by atoms with van der Waals surface area (Å²) in [4.78, 5) is 1.82. The summed E-state index contributed by atoms with van der Waals surface area (Å²) in [6, 6.07) is 2.84. The van der Waals surface area contributed by atoms with Crippen LogP contribution in [0.2, 0.25) is 5.02 Å². The van der Waals surface area contributed by atoms with E-state index in [1.165, 1.54) is 12.1 Å². The molecule has 1 fully saturated rings. The molecule has 0 N–H and O–H groups in total. The van der Waals surface area contributed by atoms with Gasteiger partial charge in [-0.25, -0.2) is 13.2 Å². The van der Waals surface area contributed by atoms with E-state index in [4.69, 9.17) is 11.6 Å². The summed E-state index contributed by atoms with van der Waals surface area (Å²) < 4.78 is 40.1. The maximum Gasteiger partial charge on any atom is 0.250 e. The lowest BCUT2D eigenvalue weighted by Gasteiger charge is -2.31. The third-order valence-corrected chi connectivity index (χ3v) is 4.27. The van der Waals surface area contributed by atoms with E-state index in [-0.39, 0.29) is 31.7 Å². The average molecular weight is 343 g/mol. The summed E-state index contributed by atoms with van der Waals surface area (Å²) in [7, 11) is 0. The first-order valence-corrected chi connectivity index (χ1v) is 6.78. The van der Waals surface area contributed by atoms with Crippen molar-refractivity contribution in [3.8, 4) is 0 Å². The fourth-order valence-electron chi connectivity index (χ4n) is 1.96. The molecule has 0 amide bonds. The van der Waals surface area contributed by atoms with Crippen LogP contribution in [-0.2, 0) is 6.54 Å². The number of alkyl halides is 2. The number of piperidine rings is 1. The van der Waals surface area contributed by atoms with Gasteiger partial charge in [0.15, 0.2) is 0 Å². The molecule has 1 aliphatic rings. The molecule has 0 aromatic heterocycles. The van der Waals surface area contributed by atoms with Crippen molar-refractivity contribution in [2.45, 2.75) is 25.3 Å². The maximum absolute atomic E-state index is 13.7. The Hall–Kier alpha value is -0.260. The van der Waals surface area contributed by atoms with E-state index in [0.29, 0.717) is 21.6 Å². The van der Waals surface area contributed by atoms with Gasteiger partial charge in [-0.1, -0.05) is 11.6 Å². The highest BCUT2D eigenvalue weighted by Crippen LogP contribution is 2.30. The molecule has 1 aliphatic heterocycles. The fourth-order valence-corrected chi connectivity index (χ4v) is 2.47. The molecule has 100 valence electrons. The molecule has 0 saturated carbocycles. The minimum atomic E-state index is -2.58.